The Morgan fingerprint density at radius 3 is 2.71 bits per heavy atom. The van der Waals surface area contributed by atoms with Gasteiger partial charge < -0.3 is 10.6 Å². The smallest absolute Gasteiger partial charge is 0.363 e. The number of halogens is 3. The molecule has 0 saturated carbocycles. The molecule has 4 rings (SSSR count). The van der Waals surface area contributed by atoms with Gasteiger partial charge >= 0.3 is 6.18 Å². The van der Waals surface area contributed by atoms with E-state index in [4.69, 9.17) is 0 Å². The van der Waals surface area contributed by atoms with Gasteiger partial charge in [0.2, 0.25) is 0 Å². The van der Waals surface area contributed by atoms with Gasteiger partial charge in [0.15, 0.2) is 0 Å². The Balaban J connectivity index is 1.59. The Bertz CT molecular complexity index is 863. The van der Waals surface area contributed by atoms with E-state index in [1.54, 1.807) is 6.07 Å². The monoisotopic (exact) mass is 391 g/mol. The van der Waals surface area contributed by atoms with Crippen LogP contribution in [0.1, 0.15) is 41.2 Å². The number of hydrogen-bond acceptors (Lipinski definition) is 5. The molecule has 0 unspecified atom stereocenters. The molecule has 2 N–H and O–H groups in total. The maximum atomic E-state index is 13.0. The summed E-state index contributed by atoms with van der Waals surface area (Å²) in [6, 6.07) is 5.67. The predicted molar refractivity (Wildman–Crippen MR) is 101 cm³/mol. The number of rotatable bonds is 4. The molecule has 2 aliphatic rings. The molecule has 28 heavy (non-hydrogen) atoms. The lowest BCUT2D eigenvalue weighted by molar-refractivity contribution is -0.137. The summed E-state index contributed by atoms with van der Waals surface area (Å²) in [5.41, 5.74) is 2.04. The van der Waals surface area contributed by atoms with Gasteiger partial charge in [0.1, 0.15) is 11.6 Å². The summed E-state index contributed by atoms with van der Waals surface area (Å²) in [4.78, 5) is 11.6. The van der Waals surface area contributed by atoms with Crippen LogP contribution in [-0.4, -0.2) is 40.5 Å². The summed E-state index contributed by atoms with van der Waals surface area (Å²) in [6.45, 7) is 7.42. The normalized spacial score (nSPS) is 19.0. The fraction of sp³-hybridized carbons (Fsp3) is 0.500. The molecule has 1 aromatic carbocycles. The van der Waals surface area contributed by atoms with Crippen LogP contribution in [0.25, 0.3) is 0 Å². The van der Waals surface area contributed by atoms with E-state index >= 15 is 0 Å². The van der Waals surface area contributed by atoms with Crippen molar-refractivity contribution in [3.8, 4) is 0 Å². The van der Waals surface area contributed by atoms with Gasteiger partial charge in [-0.2, -0.15) is 13.2 Å². The third-order valence-corrected chi connectivity index (χ3v) is 5.55. The molecule has 0 amide bonds. The number of benzene rings is 1. The summed E-state index contributed by atoms with van der Waals surface area (Å²) < 4.78 is 39.1. The highest BCUT2D eigenvalue weighted by Crippen LogP contribution is 2.32. The highest BCUT2D eigenvalue weighted by Gasteiger charge is 2.32. The number of fused-ring (bicyclic) bond motifs is 1. The van der Waals surface area contributed by atoms with Crippen molar-refractivity contribution in [2.75, 3.05) is 25.0 Å². The van der Waals surface area contributed by atoms with Crippen LogP contribution >= 0.6 is 0 Å². The molecule has 0 radical (unpaired) electrons. The van der Waals surface area contributed by atoms with Crippen LogP contribution in [0, 0.1) is 6.92 Å². The molecule has 8 heteroatoms. The number of hydrogen-bond donors (Lipinski definition) is 2. The molecule has 0 aliphatic carbocycles. The van der Waals surface area contributed by atoms with E-state index in [1.807, 2.05) is 13.8 Å². The molecule has 1 fully saturated rings. The number of anilines is 1. The summed E-state index contributed by atoms with van der Waals surface area (Å²) in [5.74, 6) is 1.40. The highest BCUT2D eigenvalue weighted by molar-refractivity contribution is 5.49. The van der Waals surface area contributed by atoms with E-state index in [2.05, 4.69) is 25.5 Å². The molecule has 1 aromatic heterocycles. The second-order valence-corrected chi connectivity index (χ2v) is 7.57. The van der Waals surface area contributed by atoms with Gasteiger partial charge in [-0.1, -0.05) is 12.1 Å². The first-order valence-electron chi connectivity index (χ1n) is 9.56. The van der Waals surface area contributed by atoms with Crippen molar-refractivity contribution in [3.63, 3.8) is 0 Å². The molecule has 0 spiro atoms. The number of nitrogens with one attached hydrogen (secondary N) is 2. The second kappa shape index (κ2) is 7.33. The number of aryl methyl sites for hydroxylation is 1. The van der Waals surface area contributed by atoms with E-state index in [0.717, 1.165) is 55.7 Å². The Labute approximate surface area is 162 Å². The summed E-state index contributed by atoms with van der Waals surface area (Å²) in [6.07, 6.45) is -3.49. The zero-order valence-corrected chi connectivity index (χ0v) is 16.0. The van der Waals surface area contributed by atoms with Crippen molar-refractivity contribution >= 4 is 5.82 Å². The maximum Gasteiger partial charge on any atom is 0.416 e. The molecule has 3 heterocycles. The largest absolute Gasteiger partial charge is 0.416 e. The van der Waals surface area contributed by atoms with E-state index in [9.17, 15) is 13.2 Å². The zero-order chi connectivity index (χ0) is 19.9. The van der Waals surface area contributed by atoms with Crippen LogP contribution in [0.3, 0.4) is 0 Å². The Kier molecular flexibility index (Phi) is 5.01. The minimum atomic E-state index is -4.35. The zero-order valence-electron chi connectivity index (χ0n) is 16.0. The molecular weight excluding hydrogens is 367 g/mol. The third-order valence-electron chi connectivity index (χ3n) is 5.55. The quantitative estimate of drug-likeness (QED) is 0.838. The second-order valence-electron chi connectivity index (χ2n) is 7.57. The lowest BCUT2D eigenvalue weighted by atomic mass is 10.0. The van der Waals surface area contributed by atoms with Crippen molar-refractivity contribution in [3.05, 3.63) is 52.5 Å². The van der Waals surface area contributed by atoms with E-state index < -0.39 is 11.7 Å². The molecule has 5 nitrogen and oxygen atoms in total. The van der Waals surface area contributed by atoms with Crippen LogP contribution < -0.4 is 10.6 Å². The van der Waals surface area contributed by atoms with Crippen LogP contribution in [0.5, 0.6) is 0 Å². The fourth-order valence-electron chi connectivity index (χ4n) is 3.79. The van der Waals surface area contributed by atoms with Gasteiger partial charge in [0.05, 0.1) is 11.3 Å². The Morgan fingerprint density at radius 2 is 2.04 bits per heavy atom. The van der Waals surface area contributed by atoms with Crippen molar-refractivity contribution in [1.82, 2.24) is 20.2 Å². The average Bonchev–Trinajstić information content (AvgIpc) is 2.60. The fourth-order valence-corrected chi connectivity index (χ4v) is 3.79. The summed E-state index contributed by atoms with van der Waals surface area (Å²) in [5, 5.41) is 6.64. The first-order chi connectivity index (χ1) is 13.3. The third kappa shape index (κ3) is 3.84. The lowest BCUT2D eigenvalue weighted by Gasteiger charge is -2.41. The van der Waals surface area contributed by atoms with E-state index in [-0.39, 0.29) is 6.04 Å². The number of nitrogens with zero attached hydrogens (tertiary/aromatic N) is 3. The first kappa shape index (κ1) is 19.1. The van der Waals surface area contributed by atoms with E-state index in [0.29, 0.717) is 17.4 Å². The highest BCUT2D eigenvalue weighted by atomic mass is 19.4. The average molecular weight is 391 g/mol. The van der Waals surface area contributed by atoms with Crippen LogP contribution in [0.2, 0.25) is 0 Å². The summed E-state index contributed by atoms with van der Waals surface area (Å²) >= 11 is 0. The first-order valence-corrected chi connectivity index (χ1v) is 9.56. The SMILES string of the molecule is Cc1nc2c(c(N[C@H](C)c3cccc(C(F)(F)F)c3)n1)CN(C1CNC1)CC2. The van der Waals surface area contributed by atoms with Crippen LogP contribution in [0.15, 0.2) is 24.3 Å². The van der Waals surface area contributed by atoms with Gasteiger partial charge in [-0.15, -0.1) is 0 Å². The topological polar surface area (TPSA) is 53.1 Å². The predicted octanol–water partition coefficient (Wildman–Crippen LogP) is 3.31. The molecular formula is C20H24F3N5. The molecule has 150 valence electrons. The van der Waals surface area contributed by atoms with Crippen LogP contribution in [0.4, 0.5) is 19.0 Å². The Morgan fingerprint density at radius 1 is 1.25 bits per heavy atom. The Hall–Kier alpha value is -2.19. The molecule has 1 atom stereocenters. The van der Waals surface area contributed by atoms with Gasteiger partial charge in [0.25, 0.3) is 0 Å². The van der Waals surface area contributed by atoms with Crippen molar-refractivity contribution < 1.29 is 13.2 Å². The van der Waals surface area contributed by atoms with Gasteiger partial charge in [0, 0.05) is 50.2 Å². The van der Waals surface area contributed by atoms with Crippen LogP contribution in [-0.2, 0) is 19.1 Å². The van der Waals surface area contributed by atoms with Crippen molar-refractivity contribution in [2.45, 2.75) is 45.1 Å². The lowest BCUT2D eigenvalue weighted by Crippen LogP contribution is -2.58. The maximum absolute atomic E-state index is 13.0. The standard InChI is InChI=1S/C20H24F3N5/c1-12(14-4-3-5-15(8-14)20(21,22)23)25-19-17-11-28(16-9-24-10-16)7-6-18(17)26-13(2)27-19/h3-5,8,12,16,24H,6-7,9-11H2,1-2H3,(H,25,26,27)/t12-/m1/s1. The van der Waals surface area contributed by atoms with Crippen molar-refractivity contribution in [1.29, 1.82) is 0 Å². The van der Waals surface area contributed by atoms with Crippen molar-refractivity contribution in [2.24, 2.45) is 0 Å². The van der Waals surface area contributed by atoms with Gasteiger partial charge in [-0.3, -0.25) is 4.90 Å². The van der Waals surface area contributed by atoms with Gasteiger partial charge in [-0.25, -0.2) is 9.97 Å². The van der Waals surface area contributed by atoms with E-state index in [1.165, 1.54) is 12.1 Å². The molecule has 1 saturated heterocycles. The number of alkyl halides is 3. The summed E-state index contributed by atoms with van der Waals surface area (Å²) in [7, 11) is 0. The molecule has 0 bridgehead atoms. The van der Waals surface area contributed by atoms with Gasteiger partial charge in [-0.05, 0) is 31.5 Å². The molecule has 2 aliphatic heterocycles. The minimum Gasteiger partial charge on any atom is -0.363 e. The minimum absolute atomic E-state index is 0.304. The molecule has 2 aromatic rings. The number of aromatic nitrogens is 2.